The number of nitrogens with two attached hydrogens (primary N) is 1. The molecule has 0 spiro atoms. The summed E-state index contributed by atoms with van der Waals surface area (Å²) < 4.78 is 7.55. The molecule has 0 amide bonds. The second-order valence-corrected chi connectivity index (χ2v) is 11.5. The van der Waals surface area contributed by atoms with Crippen molar-refractivity contribution in [1.82, 2.24) is 24.6 Å². The predicted octanol–water partition coefficient (Wildman–Crippen LogP) is 4.94. The number of piperidine rings is 1. The lowest BCUT2D eigenvalue weighted by molar-refractivity contribution is -0.127. The number of carbonyl (C=O) groups is 1. The van der Waals surface area contributed by atoms with Crippen LogP contribution in [-0.2, 0) is 4.84 Å². The number of hydrogen-bond acceptors (Lipinski definition) is 10. The summed E-state index contributed by atoms with van der Waals surface area (Å²) in [6.45, 7) is 3.18. The first kappa shape index (κ1) is 26.8. The summed E-state index contributed by atoms with van der Waals surface area (Å²) in [5.41, 5.74) is 8.92. The molecule has 0 bridgehead atoms. The van der Waals surface area contributed by atoms with E-state index in [0.717, 1.165) is 73.9 Å². The summed E-state index contributed by atoms with van der Waals surface area (Å²) in [4.78, 5) is 32.3. The highest BCUT2D eigenvalue weighted by Gasteiger charge is 2.27. The molecule has 4 N–H and O–H groups in total. The molecule has 3 heterocycles. The van der Waals surface area contributed by atoms with Gasteiger partial charge in [0.05, 0.1) is 6.33 Å². The molecule has 3 aliphatic rings. The van der Waals surface area contributed by atoms with E-state index >= 15 is 0 Å². The maximum Gasteiger partial charge on any atom is 0.533 e. The molecule has 214 valence electrons. The third kappa shape index (κ3) is 6.31. The molecule has 3 aromatic rings. The molecule has 0 radical (unpaired) electrons. The number of nitrogens with zero attached hydrogens (tertiary/aromatic N) is 5. The molecular weight excluding hydrogens is 508 g/mol. The van der Waals surface area contributed by atoms with Gasteiger partial charge in [-0.3, -0.25) is 0 Å². The first-order valence-electron chi connectivity index (χ1n) is 14.7. The van der Waals surface area contributed by atoms with Gasteiger partial charge >= 0.3 is 6.16 Å². The molecule has 2 aliphatic carbocycles. The number of hydrogen-bond donors (Lipinski definition) is 3. The van der Waals surface area contributed by atoms with E-state index in [4.69, 9.17) is 30.3 Å². The fourth-order valence-electron chi connectivity index (χ4n) is 6.09. The van der Waals surface area contributed by atoms with Crippen molar-refractivity contribution in [2.24, 2.45) is 5.73 Å². The van der Waals surface area contributed by atoms with E-state index < -0.39 is 6.16 Å². The number of nitrogens with one attached hydrogen (secondary N) is 2. The Labute approximate surface area is 234 Å². The van der Waals surface area contributed by atoms with Crippen LogP contribution in [0.25, 0.3) is 11.2 Å². The SMILES string of the molecule is Cc1ccc(OC(=O)ON2CCC(Nc3nc(NC4CCC(N)CC4)nc4c3ncn4C3CCCC3)CC2)cc1. The maximum atomic E-state index is 12.3. The van der Waals surface area contributed by atoms with Crippen LogP contribution >= 0.6 is 0 Å². The average Bonchev–Trinajstić information content (AvgIpc) is 3.63. The maximum absolute atomic E-state index is 12.3. The fraction of sp³-hybridized carbons (Fsp3) is 0.586. The minimum absolute atomic E-state index is 0.170. The third-order valence-electron chi connectivity index (χ3n) is 8.47. The van der Waals surface area contributed by atoms with Crippen LogP contribution in [0.5, 0.6) is 5.75 Å². The number of rotatable bonds is 7. The number of benzene rings is 1. The van der Waals surface area contributed by atoms with Gasteiger partial charge in [0.2, 0.25) is 5.95 Å². The highest BCUT2D eigenvalue weighted by Crippen LogP contribution is 2.34. The van der Waals surface area contributed by atoms with Crippen LogP contribution in [0.4, 0.5) is 16.6 Å². The topological polar surface area (TPSA) is 132 Å². The normalized spacial score (nSPS) is 22.9. The van der Waals surface area contributed by atoms with E-state index in [1.165, 1.54) is 12.8 Å². The number of aromatic nitrogens is 4. The number of aryl methyl sites for hydroxylation is 1. The Morgan fingerprint density at radius 1 is 0.925 bits per heavy atom. The first-order valence-corrected chi connectivity index (χ1v) is 14.7. The number of fused-ring (bicyclic) bond motifs is 1. The van der Waals surface area contributed by atoms with Crippen molar-refractivity contribution in [3.63, 3.8) is 0 Å². The minimum Gasteiger partial charge on any atom is -0.394 e. The molecule has 11 heteroatoms. The Kier molecular flexibility index (Phi) is 8.01. The monoisotopic (exact) mass is 548 g/mol. The highest BCUT2D eigenvalue weighted by molar-refractivity contribution is 5.84. The van der Waals surface area contributed by atoms with Crippen LogP contribution in [0.2, 0.25) is 0 Å². The zero-order valence-corrected chi connectivity index (χ0v) is 23.2. The van der Waals surface area contributed by atoms with Crippen molar-refractivity contribution in [2.75, 3.05) is 23.7 Å². The van der Waals surface area contributed by atoms with Gasteiger partial charge in [-0.2, -0.15) is 9.97 Å². The van der Waals surface area contributed by atoms with Gasteiger partial charge in [-0.25, -0.2) is 9.78 Å². The van der Waals surface area contributed by atoms with Crippen LogP contribution < -0.4 is 21.1 Å². The van der Waals surface area contributed by atoms with Crippen LogP contribution in [0.1, 0.15) is 75.8 Å². The average molecular weight is 549 g/mol. The lowest BCUT2D eigenvalue weighted by Crippen LogP contribution is -2.41. The lowest BCUT2D eigenvalue weighted by Gasteiger charge is -2.31. The Balaban J connectivity index is 1.11. The van der Waals surface area contributed by atoms with Crippen LogP contribution in [0, 0.1) is 6.92 Å². The third-order valence-corrected chi connectivity index (χ3v) is 8.47. The second kappa shape index (κ2) is 12.0. The molecule has 40 heavy (non-hydrogen) atoms. The number of hydroxylamine groups is 2. The number of anilines is 2. The van der Waals surface area contributed by atoms with Gasteiger partial charge in [-0.15, -0.1) is 5.06 Å². The molecule has 1 aliphatic heterocycles. The van der Waals surface area contributed by atoms with E-state index in [0.29, 0.717) is 42.9 Å². The molecule has 1 aromatic carbocycles. The number of ether oxygens (including phenoxy) is 1. The largest absolute Gasteiger partial charge is 0.533 e. The standard InChI is InChI=1S/C29H40N8O3/c1-19-6-12-24(13-7-19)39-29(38)40-36-16-14-22(15-17-36)32-26-25-27(37(18-31-25)23-4-2-3-5-23)35-28(34-26)33-21-10-8-20(30)9-11-21/h6-7,12-13,18,20-23H,2-5,8-11,14-17,30H2,1H3,(H2,32,33,34,35). The van der Waals surface area contributed by atoms with Crippen molar-refractivity contribution in [1.29, 1.82) is 0 Å². The van der Waals surface area contributed by atoms with Crippen LogP contribution in [0.15, 0.2) is 30.6 Å². The molecule has 0 unspecified atom stereocenters. The molecule has 2 aromatic heterocycles. The molecule has 1 saturated heterocycles. The smallest absolute Gasteiger partial charge is 0.394 e. The predicted molar refractivity (Wildman–Crippen MR) is 153 cm³/mol. The molecule has 11 nitrogen and oxygen atoms in total. The van der Waals surface area contributed by atoms with Gasteiger partial charge in [-0.05, 0) is 70.4 Å². The summed E-state index contributed by atoms with van der Waals surface area (Å²) in [6, 6.07) is 8.54. The van der Waals surface area contributed by atoms with Crippen LogP contribution in [0.3, 0.4) is 0 Å². The number of imidazole rings is 1. The van der Waals surface area contributed by atoms with Gasteiger partial charge in [0, 0.05) is 37.3 Å². The Bertz CT molecular complexity index is 1290. The van der Waals surface area contributed by atoms with Crippen molar-refractivity contribution < 1.29 is 14.4 Å². The summed E-state index contributed by atoms with van der Waals surface area (Å²) >= 11 is 0. The summed E-state index contributed by atoms with van der Waals surface area (Å²) in [5.74, 6) is 1.88. The molecule has 3 fully saturated rings. The molecular formula is C29H40N8O3. The van der Waals surface area contributed by atoms with E-state index in [1.54, 1.807) is 17.2 Å². The van der Waals surface area contributed by atoms with E-state index in [-0.39, 0.29) is 6.04 Å². The zero-order valence-electron chi connectivity index (χ0n) is 23.2. The Morgan fingerprint density at radius 2 is 1.62 bits per heavy atom. The molecule has 0 atom stereocenters. The molecule has 2 saturated carbocycles. The summed E-state index contributed by atoms with van der Waals surface area (Å²) in [7, 11) is 0. The summed E-state index contributed by atoms with van der Waals surface area (Å²) in [5, 5.41) is 8.90. The van der Waals surface area contributed by atoms with E-state index in [2.05, 4.69) is 15.2 Å². The zero-order chi connectivity index (χ0) is 27.5. The fourth-order valence-corrected chi connectivity index (χ4v) is 6.09. The van der Waals surface area contributed by atoms with Crippen molar-refractivity contribution in [3.8, 4) is 5.75 Å². The van der Waals surface area contributed by atoms with Crippen molar-refractivity contribution in [2.45, 2.75) is 95.3 Å². The molecule has 6 rings (SSSR count). The Hall–Kier alpha value is -3.44. The second-order valence-electron chi connectivity index (χ2n) is 11.5. The first-order chi connectivity index (χ1) is 19.5. The van der Waals surface area contributed by atoms with Gasteiger partial charge < -0.3 is 30.5 Å². The Morgan fingerprint density at radius 3 is 2.35 bits per heavy atom. The lowest BCUT2D eigenvalue weighted by atomic mass is 9.92. The van der Waals surface area contributed by atoms with Gasteiger partial charge in [0.1, 0.15) is 5.75 Å². The van der Waals surface area contributed by atoms with Gasteiger partial charge in [0.15, 0.2) is 17.0 Å². The van der Waals surface area contributed by atoms with Gasteiger partial charge in [0.25, 0.3) is 0 Å². The van der Waals surface area contributed by atoms with Crippen molar-refractivity contribution in [3.05, 3.63) is 36.2 Å². The quantitative estimate of drug-likeness (QED) is 0.275. The van der Waals surface area contributed by atoms with Crippen molar-refractivity contribution >= 4 is 29.1 Å². The number of carbonyl (C=O) groups excluding carboxylic acids is 1. The van der Waals surface area contributed by atoms with Crippen LogP contribution in [-0.4, -0.2) is 62.0 Å². The summed E-state index contributed by atoms with van der Waals surface area (Å²) in [6.07, 6.45) is 11.7. The van der Waals surface area contributed by atoms with E-state index in [1.807, 2.05) is 25.4 Å². The minimum atomic E-state index is -0.718. The van der Waals surface area contributed by atoms with Gasteiger partial charge in [-0.1, -0.05) is 30.5 Å². The van der Waals surface area contributed by atoms with E-state index in [9.17, 15) is 4.79 Å². The highest BCUT2D eigenvalue weighted by atomic mass is 16.8.